The SMILES string of the molecule is O=CN(c1[c]scc1)C1CC1. The van der Waals surface area contributed by atoms with E-state index in [4.69, 9.17) is 0 Å². The number of hydrogen-bond donors (Lipinski definition) is 0. The van der Waals surface area contributed by atoms with Gasteiger partial charge in [0, 0.05) is 6.04 Å². The third kappa shape index (κ3) is 1.28. The lowest BCUT2D eigenvalue weighted by atomic mass is 10.4. The molecule has 3 heteroatoms. The van der Waals surface area contributed by atoms with Crippen molar-refractivity contribution in [2.24, 2.45) is 0 Å². The second-order valence-corrected chi connectivity index (χ2v) is 3.36. The van der Waals surface area contributed by atoms with Crippen molar-refractivity contribution >= 4 is 23.4 Å². The summed E-state index contributed by atoms with van der Waals surface area (Å²) in [6, 6.07) is 2.38. The maximum atomic E-state index is 10.6. The van der Waals surface area contributed by atoms with Gasteiger partial charge in [-0.15, -0.1) is 11.3 Å². The van der Waals surface area contributed by atoms with Crippen LogP contribution in [0.5, 0.6) is 0 Å². The lowest BCUT2D eigenvalue weighted by Gasteiger charge is -2.12. The second-order valence-electron chi connectivity index (χ2n) is 2.65. The maximum Gasteiger partial charge on any atom is 0.214 e. The number of carbonyl (C=O) groups excluding carboxylic acids is 1. The van der Waals surface area contributed by atoms with Crippen LogP contribution in [0.1, 0.15) is 12.8 Å². The Morgan fingerprint density at radius 1 is 1.73 bits per heavy atom. The normalized spacial score (nSPS) is 16.4. The fourth-order valence-electron chi connectivity index (χ4n) is 1.06. The Kier molecular flexibility index (Phi) is 1.66. The van der Waals surface area contributed by atoms with Crippen LogP contribution < -0.4 is 4.90 Å². The number of nitrogens with zero attached hydrogens (tertiary/aromatic N) is 1. The van der Waals surface area contributed by atoms with Gasteiger partial charge in [0.05, 0.1) is 11.1 Å². The van der Waals surface area contributed by atoms with Crippen molar-refractivity contribution in [2.45, 2.75) is 18.9 Å². The molecule has 0 spiro atoms. The molecule has 11 heavy (non-hydrogen) atoms. The number of hydrogen-bond acceptors (Lipinski definition) is 2. The average Bonchev–Trinajstić information content (AvgIpc) is 2.68. The van der Waals surface area contributed by atoms with E-state index in [1.807, 2.05) is 11.4 Å². The minimum atomic E-state index is 0.457. The number of rotatable bonds is 3. The van der Waals surface area contributed by atoms with E-state index in [1.54, 1.807) is 4.90 Å². The molecule has 2 rings (SSSR count). The topological polar surface area (TPSA) is 20.3 Å². The number of amides is 1. The molecule has 1 heterocycles. The van der Waals surface area contributed by atoms with Gasteiger partial charge in [-0.25, -0.2) is 0 Å². The molecule has 0 saturated heterocycles. The number of anilines is 1. The van der Waals surface area contributed by atoms with Crippen LogP contribution in [0.3, 0.4) is 0 Å². The average molecular weight is 166 g/mol. The largest absolute Gasteiger partial charge is 0.310 e. The quantitative estimate of drug-likeness (QED) is 0.625. The second kappa shape index (κ2) is 2.66. The fourth-order valence-corrected chi connectivity index (χ4v) is 1.62. The smallest absolute Gasteiger partial charge is 0.214 e. The Labute approximate surface area is 69.4 Å². The highest BCUT2D eigenvalue weighted by molar-refractivity contribution is 7.07. The molecule has 57 valence electrons. The molecule has 0 bridgehead atoms. The minimum Gasteiger partial charge on any atom is -0.310 e. The van der Waals surface area contributed by atoms with E-state index in [9.17, 15) is 4.79 Å². The molecule has 1 aliphatic carbocycles. The van der Waals surface area contributed by atoms with Crippen LogP contribution in [0.4, 0.5) is 5.69 Å². The summed E-state index contributed by atoms with van der Waals surface area (Å²) in [6.45, 7) is 0. The highest BCUT2D eigenvalue weighted by Gasteiger charge is 2.29. The van der Waals surface area contributed by atoms with E-state index in [1.165, 1.54) is 11.3 Å². The fraction of sp³-hybridized carbons (Fsp3) is 0.375. The predicted molar refractivity (Wildman–Crippen MR) is 44.7 cm³/mol. The summed E-state index contributed by atoms with van der Waals surface area (Å²) >= 11 is 1.50. The summed E-state index contributed by atoms with van der Waals surface area (Å²) in [7, 11) is 0. The van der Waals surface area contributed by atoms with Gasteiger partial charge in [-0.05, 0) is 24.3 Å². The van der Waals surface area contributed by atoms with E-state index >= 15 is 0 Å². The number of thiophene rings is 1. The molecule has 0 N–H and O–H groups in total. The van der Waals surface area contributed by atoms with Gasteiger partial charge < -0.3 is 4.90 Å². The first-order chi connectivity index (χ1) is 5.42. The first-order valence-corrected chi connectivity index (χ1v) is 4.48. The number of carbonyl (C=O) groups is 1. The van der Waals surface area contributed by atoms with Crippen LogP contribution in [0.25, 0.3) is 0 Å². The van der Waals surface area contributed by atoms with Crippen LogP contribution in [0, 0.1) is 5.38 Å². The molecule has 0 aromatic carbocycles. The van der Waals surface area contributed by atoms with Gasteiger partial charge in [0.1, 0.15) is 0 Å². The standard InChI is InChI=1S/C8H8NOS/c10-6-9(7-1-2-7)8-3-4-11-5-8/h3-4,6-7H,1-2H2. The highest BCUT2D eigenvalue weighted by Crippen LogP contribution is 2.30. The van der Waals surface area contributed by atoms with E-state index in [2.05, 4.69) is 5.38 Å². The predicted octanol–water partition coefficient (Wildman–Crippen LogP) is 1.67. The molecule has 0 unspecified atom stereocenters. The molecular formula is C8H8NOS. The molecule has 1 aromatic rings. The van der Waals surface area contributed by atoms with Crippen LogP contribution in [0.15, 0.2) is 11.4 Å². The van der Waals surface area contributed by atoms with E-state index < -0.39 is 0 Å². The third-order valence-electron chi connectivity index (χ3n) is 1.79. The summed E-state index contributed by atoms with van der Waals surface area (Å²) < 4.78 is 0. The molecule has 1 fully saturated rings. The van der Waals surface area contributed by atoms with Gasteiger partial charge in [0.15, 0.2) is 0 Å². The van der Waals surface area contributed by atoms with Crippen molar-refractivity contribution in [3.8, 4) is 0 Å². The molecular weight excluding hydrogens is 158 g/mol. The zero-order valence-corrected chi connectivity index (χ0v) is 6.80. The zero-order valence-electron chi connectivity index (χ0n) is 5.99. The Hall–Kier alpha value is -0.830. The molecule has 1 aromatic heterocycles. The van der Waals surface area contributed by atoms with Crippen molar-refractivity contribution < 1.29 is 4.79 Å². The van der Waals surface area contributed by atoms with Crippen molar-refractivity contribution in [3.05, 3.63) is 16.8 Å². The maximum absolute atomic E-state index is 10.6. The summed E-state index contributed by atoms with van der Waals surface area (Å²) in [5, 5.41) is 4.98. The van der Waals surface area contributed by atoms with Gasteiger partial charge >= 0.3 is 0 Å². The third-order valence-corrected chi connectivity index (χ3v) is 2.39. The van der Waals surface area contributed by atoms with Gasteiger partial charge in [-0.1, -0.05) is 0 Å². The Balaban J connectivity index is 2.17. The van der Waals surface area contributed by atoms with E-state index in [0.717, 1.165) is 24.9 Å². The highest BCUT2D eigenvalue weighted by atomic mass is 32.1. The van der Waals surface area contributed by atoms with Gasteiger partial charge in [-0.2, -0.15) is 0 Å². The molecule has 0 atom stereocenters. The summed E-state index contributed by atoms with van der Waals surface area (Å²) in [4.78, 5) is 12.4. The van der Waals surface area contributed by atoms with Crippen LogP contribution in [0.2, 0.25) is 0 Å². The zero-order chi connectivity index (χ0) is 7.68. The van der Waals surface area contributed by atoms with Crippen molar-refractivity contribution in [1.29, 1.82) is 0 Å². The summed E-state index contributed by atoms with van der Waals surface area (Å²) in [5.74, 6) is 0. The lowest BCUT2D eigenvalue weighted by Crippen LogP contribution is -2.22. The minimum absolute atomic E-state index is 0.457. The van der Waals surface area contributed by atoms with Crippen molar-refractivity contribution in [3.63, 3.8) is 0 Å². The molecule has 1 amide bonds. The Morgan fingerprint density at radius 3 is 3.00 bits per heavy atom. The Morgan fingerprint density at radius 2 is 2.55 bits per heavy atom. The monoisotopic (exact) mass is 166 g/mol. The van der Waals surface area contributed by atoms with Crippen LogP contribution in [-0.2, 0) is 4.79 Å². The summed E-state index contributed by atoms with van der Waals surface area (Å²) in [6.07, 6.45) is 3.18. The molecule has 1 radical (unpaired) electrons. The molecule has 2 nitrogen and oxygen atoms in total. The van der Waals surface area contributed by atoms with Gasteiger partial charge in [-0.3, -0.25) is 4.79 Å². The first-order valence-electron chi connectivity index (χ1n) is 3.60. The van der Waals surface area contributed by atoms with Crippen molar-refractivity contribution in [1.82, 2.24) is 0 Å². The van der Waals surface area contributed by atoms with Gasteiger partial charge in [0.2, 0.25) is 6.41 Å². The summed E-state index contributed by atoms with van der Waals surface area (Å²) in [5.41, 5.74) is 0.924. The molecule has 1 saturated carbocycles. The van der Waals surface area contributed by atoms with E-state index in [-0.39, 0.29) is 0 Å². The van der Waals surface area contributed by atoms with Crippen LogP contribution in [-0.4, -0.2) is 12.5 Å². The Bertz CT molecular complexity index is 241. The van der Waals surface area contributed by atoms with Gasteiger partial charge in [0.25, 0.3) is 0 Å². The lowest BCUT2D eigenvalue weighted by molar-refractivity contribution is -0.107. The molecule has 0 aliphatic heterocycles. The molecule has 1 aliphatic rings. The van der Waals surface area contributed by atoms with Crippen LogP contribution >= 0.6 is 11.3 Å². The first kappa shape index (κ1) is 6.85. The van der Waals surface area contributed by atoms with Crippen molar-refractivity contribution in [2.75, 3.05) is 4.90 Å². The van der Waals surface area contributed by atoms with E-state index in [0.29, 0.717) is 6.04 Å².